The van der Waals surface area contributed by atoms with Crippen LogP contribution in [0.4, 0.5) is 8.78 Å². The van der Waals surface area contributed by atoms with Crippen molar-refractivity contribution in [3.05, 3.63) is 47.3 Å². The van der Waals surface area contributed by atoms with Gasteiger partial charge in [-0.25, -0.2) is 13.5 Å². The van der Waals surface area contributed by atoms with Crippen LogP contribution >= 0.6 is 0 Å². The molecule has 1 aromatic heterocycles. The fraction of sp³-hybridized carbons (Fsp3) is 0.400. The summed E-state index contributed by atoms with van der Waals surface area (Å²) in [5.74, 6) is -1.18. The maximum absolute atomic E-state index is 13.9. The predicted molar refractivity (Wildman–Crippen MR) is 74.9 cm³/mol. The maximum Gasteiger partial charge on any atom is 0.151 e. The Morgan fingerprint density at radius 1 is 1.25 bits per heavy atom. The lowest BCUT2D eigenvalue weighted by molar-refractivity contribution is 0.570. The maximum atomic E-state index is 13.9. The minimum atomic E-state index is -0.597. The zero-order valence-electron chi connectivity index (χ0n) is 11.8. The van der Waals surface area contributed by atoms with Gasteiger partial charge in [0.25, 0.3) is 0 Å². The SMILES string of the molecule is CCCc1c(CNCC)cnn1-c1ccc(F)cc1F. The summed E-state index contributed by atoms with van der Waals surface area (Å²) in [6.07, 6.45) is 3.49. The third-order valence-corrected chi connectivity index (χ3v) is 3.15. The number of benzene rings is 1. The Labute approximate surface area is 117 Å². The van der Waals surface area contributed by atoms with E-state index in [1.807, 2.05) is 6.92 Å². The third kappa shape index (κ3) is 3.04. The van der Waals surface area contributed by atoms with Crippen LogP contribution in [0.25, 0.3) is 5.69 Å². The summed E-state index contributed by atoms with van der Waals surface area (Å²) in [7, 11) is 0. The molecular formula is C15H19F2N3. The van der Waals surface area contributed by atoms with Crippen LogP contribution in [0, 0.1) is 11.6 Å². The van der Waals surface area contributed by atoms with E-state index < -0.39 is 11.6 Å². The number of halogens is 2. The molecule has 0 aliphatic carbocycles. The van der Waals surface area contributed by atoms with Gasteiger partial charge in [0.15, 0.2) is 5.82 Å². The molecule has 0 fully saturated rings. The van der Waals surface area contributed by atoms with Crippen molar-refractivity contribution in [1.29, 1.82) is 0 Å². The van der Waals surface area contributed by atoms with Gasteiger partial charge in [0.2, 0.25) is 0 Å². The van der Waals surface area contributed by atoms with E-state index in [-0.39, 0.29) is 5.69 Å². The summed E-state index contributed by atoms with van der Waals surface area (Å²) < 4.78 is 28.5. The molecule has 0 unspecified atom stereocenters. The highest BCUT2D eigenvalue weighted by Gasteiger charge is 2.14. The summed E-state index contributed by atoms with van der Waals surface area (Å²) >= 11 is 0. The molecule has 0 atom stereocenters. The van der Waals surface area contributed by atoms with Gasteiger partial charge in [-0.15, -0.1) is 0 Å². The molecule has 0 aliphatic heterocycles. The Morgan fingerprint density at radius 2 is 2.05 bits per heavy atom. The molecule has 0 radical (unpaired) electrons. The van der Waals surface area contributed by atoms with E-state index in [1.54, 1.807) is 10.9 Å². The molecule has 2 aromatic rings. The number of hydrogen-bond acceptors (Lipinski definition) is 2. The molecule has 0 amide bonds. The number of rotatable bonds is 6. The molecule has 0 saturated heterocycles. The molecule has 108 valence electrons. The van der Waals surface area contributed by atoms with E-state index in [9.17, 15) is 8.78 Å². The molecular weight excluding hydrogens is 260 g/mol. The molecule has 1 N–H and O–H groups in total. The summed E-state index contributed by atoms with van der Waals surface area (Å²) in [6.45, 7) is 5.66. The normalized spacial score (nSPS) is 11.0. The first-order valence-corrected chi connectivity index (χ1v) is 6.89. The Bertz CT molecular complexity index is 578. The standard InChI is InChI=1S/C15H19F2N3/c1-3-5-14-11(9-18-4-2)10-19-20(14)15-7-6-12(16)8-13(15)17/h6-8,10,18H,3-5,9H2,1-2H3. The van der Waals surface area contributed by atoms with Gasteiger partial charge in [-0.3, -0.25) is 0 Å². The zero-order chi connectivity index (χ0) is 14.5. The minimum absolute atomic E-state index is 0.289. The van der Waals surface area contributed by atoms with Crippen molar-refractivity contribution in [2.45, 2.75) is 33.2 Å². The summed E-state index contributed by atoms with van der Waals surface area (Å²) in [5, 5.41) is 7.51. The van der Waals surface area contributed by atoms with Crippen molar-refractivity contribution in [1.82, 2.24) is 15.1 Å². The lowest BCUT2D eigenvalue weighted by Crippen LogP contribution is -2.14. The Kier molecular flexibility index (Phi) is 4.84. The Balaban J connectivity index is 2.42. The molecule has 2 rings (SSSR count). The highest BCUT2D eigenvalue weighted by Crippen LogP contribution is 2.20. The van der Waals surface area contributed by atoms with Gasteiger partial charge >= 0.3 is 0 Å². The number of hydrogen-bond donors (Lipinski definition) is 1. The second-order valence-electron chi connectivity index (χ2n) is 4.65. The second kappa shape index (κ2) is 6.61. The van der Waals surface area contributed by atoms with Gasteiger partial charge in [-0.2, -0.15) is 5.10 Å². The molecule has 3 nitrogen and oxygen atoms in total. The van der Waals surface area contributed by atoms with Crippen molar-refractivity contribution in [3.8, 4) is 5.69 Å². The van der Waals surface area contributed by atoms with Crippen LogP contribution in [0.3, 0.4) is 0 Å². The molecule has 0 aliphatic rings. The molecule has 5 heteroatoms. The highest BCUT2D eigenvalue weighted by atomic mass is 19.1. The topological polar surface area (TPSA) is 29.9 Å². The van der Waals surface area contributed by atoms with Gasteiger partial charge < -0.3 is 5.32 Å². The minimum Gasteiger partial charge on any atom is -0.313 e. The monoisotopic (exact) mass is 279 g/mol. The molecule has 1 aromatic carbocycles. The Hall–Kier alpha value is -1.75. The first-order chi connectivity index (χ1) is 9.67. The first kappa shape index (κ1) is 14.7. The number of aromatic nitrogens is 2. The van der Waals surface area contributed by atoms with Gasteiger partial charge in [0.05, 0.1) is 6.20 Å². The van der Waals surface area contributed by atoms with E-state index in [4.69, 9.17) is 0 Å². The van der Waals surface area contributed by atoms with Crippen molar-refractivity contribution >= 4 is 0 Å². The molecule has 0 saturated carbocycles. The smallest absolute Gasteiger partial charge is 0.151 e. The Morgan fingerprint density at radius 3 is 2.70 bits per heavy atom. The lowest BCUT2D eigenvalue weighted by Gasteiger charge is -2.10. The largest absolute Gasteiger partial charge is 0.313 e. The third-order valence-electron chi connectivity index (χ3n) is 3.15. The average Bonchev–Trinajstić information content (AvgIpc) is 2.80. The molecule has 1 heterocycles. The fourth-order valence-electron chi connectivity index (χ4n) is 2.18. The van der Waals surface area contributed by atoms with Crippen LogP contribution in [0.1, 0.15) is 31.5 Å². The van der Waals surface area contributed by atoms with Gasteiger partial charge in [0, 0.05) is 23.9 Å². The highest BCUT2D eigenvalue weighted by molar-refractivity contribution is 5.37. The van der Waals surface area contributed by atoms with Crippen LogP contribution < -0.4 is 5.32 Å². The number of nitrogens with one attached hydrogen (secondary N) is 1. The van der Waals surface area contributed by atoms with Crippen LogP contribution in [-0.4, -0.2) is 16.3 Å². The fourth-order valence-corrected chi connectivity index (χ4v) is 2.18. The molecule has 0 bridgehead atoms. The summed E-state index contributed by atoms with van der Waals surface area (Å²) in [5.41, 5.74) is 2.31. The molecule has 0 spiro atoms. The van der Waals surface area contributed by atoms with Crippen molar-refractivity contribution in [3.63, 3.8) is 0 Å². The van der Waals surface area contributed by atoms with E-state index in [2.05, 4.69) is 17.3 Å². The zero-order valence-corrected chi connectivity index (χ0v) is 11.8. The van der Waals surface area contributed by atoms with Crippen LogP contribution in [0.2, 0.25) is 0 Å². The van der Waals surface area contributed by atoms with E-state index in [0.717, 1.165) is 36.7 Å². The lowest BCUT2D eigenvalue weighted by atomic mass is 10.1. The molecule has 20 heavy (non-hydrogen) atoms. The number of nitrogens with zero attached hydrogens (tertiary/aromatic N) is 2. The van der Waals surface area contributed by atoms with E-state index in [1.165, 1.54) is 12.1 Å². The van der Waals surface area contributed by atoms with Crippen LogP contribution in [0.15, 0.2) is 24.4 Å². The van der Waals surface area contributed by atoms with E-state index in [0.29, 0.717) is 6.54 Å². The van der Waals surface area contributed by atoms with Crippen LogP contribution in [-0.2, 0) is 13.0 Å². The van der Waals surface area contributed by atoms with Crippen molar-refractivity contribution in [2.24, 2.45) is 0 Å². The van der Waals surface area contributed by atoms with Crippen molar-refractivity contribution in [2.75, 3.05) is 6.54 Å². The average molecular weight is 279 g/mol. The van der Waals surface area contributed by atoms with E-state index >= 15 is 0 Å². The summed E-state index contributed by atoms with van der Waals surface area (Å²) in [4.78, 5) is 0. The van der Waals surface area contributed by atoms with Gasteiger partial charge in [-0.05, 0) is 25.1 Å². The second-order valence-corrected chi connectivity index (χ2v) is 4.65. The van der Waals surface area contributed by atoms with Crippen LogP contribution in [0.5, 0.6) is 0 Å². The van der Waals surface area contributed by atoms with Gasteiger partial charge in [0.1, 0.15) is 11.5 Å². The quantitative estimate of drug-likeness (QED) is 0.880. The van der Waals surface area contributed by atoms with Gasteiger partial charge in [-0.1, -0.05) is 20.3 Å². The van der Waals surface area contributed by atoms with Crippen molar-refractivity contribution < 1.29 is 8.78 Å². The first-order valence-electron chi connectivity index (χ1n) is 6.89. The predicted octanol–water partition coefficient (Wildman–Crippen LogP) is 3.21. The summed E-state index contributed by atoms with van der Waals surface area (Å²) in [6, 6.07) is 3.56.